The van der Waals surface area contributed by atoms with E-state index in [1.54, 1.807) is 0 Å². The van der Waals surface area contributed by atoms with Crippen molar-refractivity contribution in [1.82, 2.24) is 0 Å². The molecule has 0 rings (SSSR count). The smallest absolute Gasteiger partial charge is 0 e. The molecule has 0 amide bonds. The van der Waals surface area contributed by atoms with Crippen LogP contribution in [-0.2, 0) is 46.2 Å². The van der Waals surface area contributed by atoms with Gasteiger partial charge in [-0.15, -0.1) is 0 Å². The Labute approximate surface area is 66.8 Å². The summed E-state index contributed by atoms with van der Waals surface area (Å²) in [4.78, 5) is 0. The van der Waals surface area contributed by atoms with Gasteiger partial charge in [0.25, 0.3) is 0 Å². The van der Waals surface area contributed by atoms with Crippen molar-refractivity contribution >= 4 is 13.5 Å². The van der Waals surface area contributed by atoms with Gasteiger partial charge in [0.05, 0.1) is 0 Å². The summed E-state index contributed by atoms with van der Waals surface area (Å²) in [5.74, 6) is 0. The maximum atomic E-state index is 6.28. The van der Waals surface area contributed by atoms with E-state index in [1.807, 2.05) is 0 Å². The first-order chi connectivity index (χ1) is 1.91. The third-order valence-electron chi connectivity index (χ3n) is 0. The standard InChI is InChI=1S/C3H5.H2S.Y/c1-3-2;;/h1H2,2H3;1H2;/q-1;;/p-1/i2D;;. The molecule has 5 heavy (non-hydrogen) atoms. The Hall–Kier alpha value is 1.19. The van der Waals surface area contributed by atoms with E-state index in [2.05, 4.69) is 12.7 Å². The van der Waals surface area contributed by atoms with Crippen molar-refractivity contribution in [2.45, 2.75) is 6.90 Å². The van der Waals surface area contributed by atoms with Gasteiger partial charge in [0.1, 0.15) is 0 Å². The van der Waals surface area contributed by atoms with Crippen molar-refractivity contribution in [3.63, 3.8) is 0 Å². The minimum Gasteiger partial charge on any atom is -0.813 e. The molecule has 1 radical (unpaired) electrons. The second-order valence-electron chi connectivity index (χ2n) is 0.250. The molecule has 0 aliphatic carbocycles. The van der Waals surface area contributed by atoms with Crippen molar-refractivity contribution in [1.29, 1.82) is 0 Å². The second-order valence-corrected chi connectivity index (χ2v) is 0.250. The molecule has 0 bridgehead atoms. The Morgan fingerprint density at radius 2 is 2.20 bits per heavy atom. The Morgan fingerprint density at radius 3 is 2.20 bits per heavy atom. The number of rotatable bonds is 0. The zero-order valence-corrected chi connectivity index (χ0v) is 6.67. The van der Waals surface area contributed by atoms with Gasteiger partial charge in [-0.1, -0.05) is 0 Å². The van der Waals surface area contributed by atoms with Gasteiger partial charge in [-0.2, -0.15) is 6.90 Å². The Morgan fingerprint density at radius 1 is 2.00 bits per heavy atom. The van der Waals surface area contributed by atoms with E-state index in [0.717, 1.165) is 0 Å². The fraction of sp³-hybridized carbons (Fsp3) is 0.333. The summed E-state index contributed by atoms with van der Waals surface area (Å²) >= 11 is 0. The number of hydrogen-bond acceptors (Lipinski definition) is 1. The largest absolute Gasteiger partial charge is 0.813 e. The molecular weight excluding hydrogens is 157 g/mol. The molecule has 2 heteroatoms. The van der Waals surface area contributed by atoms with Crippen LogP contribution in [0.5, 0.6) is 0 Å². The van der Waals surface area contributed by atoms with Gasteiger partial charge in [0.2, 0.25) is 0 Å². The van der Waals surface area contributed by atoms with Crippen LogP contribution in [0.3, 0.4) is 0 Å². The topological polar surface area (TPSA) is 0 Å². The van der Waals surface area contributed by atoms with Crippen LogP contribution in [0, 0.1) is 6.08 Å². The molecule has 0 N–H and O–H groups in total. The van der Waals surface area contributed by atoms with Crippen LogP contribution >= 0.6 is 0 Å². The molecule has 0 saturated carbocycles. The van der Waals surface area contributed by atoms with Crippen molar-refractivity contribution in [2.24, 2.45) is 0 Å². The van der Waals surface area contributed by atoms with E-state index in [0.29, 0.717) is 0 Å². The molecule has 0 atom stereocenters. The summed E-state index contributed by atoms with van der Waals surface area (Å²) in [5.41, 5.74) is 0. The fourth-order valence-corrected chi connectivity index (χ4v) is 0. The van der Waals surface area contributed by atoms with Gasteiger partial charge in [-0.05, 0) is 1.37 Å². The van der Waals surface area contributed by atoms with Crippen molar-refractivity contribution in [3.8, 4) is 0 Å². The monoisotopic (exact) mass is 164 g/mol. The van der Waals surface area contributed by atoms with E-state index < -0.39 is 0 Å². The van der Waals surface area contributed by atoms with Gasteiger partial charge in [0, 0.05) is 32.7 Å². The van der Waals surface area contributed by atoms with E-state index in [-0.39, 0.29) is 53.1 Å². The van der Waals surface area contributed by atoms with Gasteiger partial charge in [0.15, 0.2) is 0 Å². The normalized spacial score (nSPS) is 5.20. The summed E-state index contributed by atoms with van der Waals surface area (Å²) in [5, 5.41) is 0. The molecule has 0 aliphatic heterocycles. The molecule has 0 spiro atoms. The molecule has 0 aliphatic rings. The summed E-state index contributed by atoms with van der Waals surface area (Å²) < 4.78 is 6.28. The Kier molecular flexibility index (Phi) is 36.1. The first-order valence-electron chi connectivity index (χ1n) is 1.41. The van der Waals surface area contributed by atoms with Crippen LogP contribution in [0.2, 0.25) is 0 Å². The molecule has 0 fully saturated rings. The fourth-order valence-electron chi connectivity index (χ4n) is 0. The van der Waals surface area contributed by atoms with E-state index >= 15 is 0 Å². The molecular formula is C3H6SY-2. The number of allylic oxidation sites excluding steroid dienone is 1. The zero-order valence-electron chi connectivity index (χ0n) is 3.94. The predicted octanol–water partition coefficient (Wildman–Crippen LogP) is 0.723. The molecule has 29 valence electrons. The second kappa shape index (κ2) is 19.0. The molecule has 0 aromatic carbocycles. The summed E-state index contributed by atoms with van der Waals surface area (Å²) in [6.45, 7) is 3.38. The van der Waals surface area contributed by atoms with Crippen LogP contribution in [0.1, 0.15) is 8.27 Å². The first-order valence-corrected chi connectivity index (χ1v) is 0.707. The van der Waals surface area contributed by atoms with E-state index in [9.17, 15) is 0 Å². The van der Waals surface area contributed by atoms with Gasteiger partial charge < -0.3 is 19.6 Å². The maximum Gasteiger partial charge on any atom is 0 e. The maximum absolute atomic E-state index is 6.28. The summed E-state index contributed by atoms with van der Waals surface area (Å²) in [6.07, 6.45) is 2.35. The van der Waals surface area contributed by atoms with Crippen LogP contribution < -0.4 is 0 Å². The van der Waals surface area contributed by atoms with Crippen LogP contribution in [-0.4, -0.2) is 0 Å². The van der Waals surface area contributed by atoms with Crippen LogP contribution in [0.4, 0.5) is 0 Å². The van der Waals surface area contributed by atoms with E-state index in [1.165, 1.54) is 0 Å². The Balaban J connectivity index is -0.0000000450. The third kappa shape index (κ3) is 37.2. The number of thiol groups is 1. The molecule has 0 nitrogen and oxygen atoms in total. The molecule has 0 heterocycles. The minimum absolute atomic E-state index is 0. The predicted molar refractivity (Wildman–Crippen MR) is 23.3 cm³/mol. The zero-order chi connectivity index (χ0) is 3.41. The van der Waals surface area contributed by atoms with Crippen LogP contribution in [0.15, 0.2) is 6.58 Å². The molecule has 0 aromatic rings. The van der Waals surface area contributed by atoms with E-state index in [4.69, 9.17) is 1.37 Å². The quantitative estimate of drug-likeness (QED) is 0.289. The molecule has 0 unspecified atom stereocenters. The number of hydrogen-bond donors (Lipinski definition) is 0. The Bertz CT molecular complexity index is 24.8. The van der Waals surface area contributed by atoms with Crippen molar-refractivity contribution < 1.29 is 34.1 Å². The van der Waals surface area contributed by atoms with Crippen molar-refractivity contribution in [3.05, 3.63) is 12.7 Å². The SMILES string of the molecule is [2H]C[C-]=C.[SH-].[Y]. The van der Waals surface area contributed by atoms with Gasteiger partial charge in [-0.3, -0.25) is 6.58 Å². The molecule has 0 aromatic heterocycles. The first kappa shape index (κ1) is 9.50. The molecule has 0 saturated heterocycles. The summed E-state index contributed by atoms with van der Waals surface area (Å²) in [6, 6.07) is 0. The van der Waals surface area contributed by atoms with Crippen LogP contribution in [0.25, 0.3) is 0 Å². The van der Waals surface area contributed by atoms with Gasteiger partial charge >= 0.3 is 0 Å². The van der Waals surface area contributed by atoms with Gasteiger partial charge in [-0.25, -0.2) is 0 Å². The minimum atomic E-state index is 0. The summed E-state index contributed by atoms with van der Waals surface area (Å²) in [7, 11) is 0. The van der Waals surface area contributed by atoms with Crippen molar-refractivity contribution in [2.75, 3.05) is 0 Å². The third-order valence-corrected chi connectivity index (χ3v) is 0. The average molecular weight is 164 g/mol. The average Bonchev–Trinajstić information content (AvgIpc) is 1.37.